The maximum atomic E-state index is 12.5. The van der Waals surface area contributed by atoms with Gasteiger partial charge in [-0.1, -0.05) is 36.4 Å². The van der Waals surface area contributed by atoms with Crippen LogP contribution >= 0.6 is 0 Å². The molecular formula is C15H12F3N3O. The number of carbonyl (C=O) groups is 1. The summed E-state index contributed by atoms with van der Waals surface area (Å²) in [6.07, 6.45) is -4.46. The zero-order valence-electron chi connectivity index (χ0n) is 11.4. The molecule has 1 heterocycles. The molecule has 2 aromatic carbocycles. The molecule has 0 bridgehead atoms. The first-order chi connectivity index (χ1) is 10.4. The Morgan fingerprint density at radius 1 is 1.14 bits per heavy atom. The first-order valence-corrected chi connectivity index (χ1v) is 6.60. The van der Waals surface area contributed by atoms with Gasteiger partial charge in [-0.2, -0.15) is 13.2 Å². The molecule has 1 aliphatic rings. The van der Waals surface area contributed by atoms with Gasteiger partial charge in [0.2, 0.25) is 0 Å². The van der Waals surface area contributed by atoms with Crippen molar-refractivity contribution in [3.8, 4) is 0 Å². The number of hydrazine groups is 1. The van der Waals surface area contributed by atoms with Gasteiger partial charge in [-0.3, -0.25) is 15.2 Å². The molecule has 0 spiro atoms. The van der Waals surface area contributed by atoms with Gasteiger partial charge in [-0.15, -0.1) is 0 Å². The van der Waals surface area contributed by atoms with Crippen LogP contribution in [-0.2, 0) is 4.79 Å². The number of nitrogens with zero attached hydrogens (tertiary/aromatic N) is 2. The van der Waals surface area contributed by atoms with Crippen LogP contribution in [0.3, 0.4) is 0 Å². The van der Waals surface area contributed by atoms with Crippen molar-refractivity contribution >= 4 is 22.5 Å². The Balaban J connectivity index is 1.88. The van der Waals surface area contributed by atoms with Crippen LogP contribution in [0.1, 0.15) is 5.56 Å². The standard InChI is InChI=1S/C15H12F3N3O/c16-15(17,18)9-21-13(22)8-19-14(20-21)12-6-5-10-3-1-2-4-11(10)7-12/h1-7H,8-9H2,(H,19,20). The van der Waals surface area contributed by atoms with Crippen molar-refractivity contribution in [2.24, 2.45) is 4.99 Å². The van der Waals surface area contributed by atoms with Crippen molar-refractivity contribution in [2.75, 3.05) is 13.1 Å². The third-order valence-corrected chi connectivity index (χ3v) is 3.27. The summed E-state index contributed by atoms with van der Waals surface area (Å²) in [4.78, 5) is 15.5. The summed E-state index contributed by atoms with van der Waals surface area (Å²) in [5, 5.41) is 2.52. The van der Waals surface area contributed by atoms with Crippen LogP contribution in [0, 0.1) is 0 Å². The molecule has 22 heavy (non-hydrogen) atoms. The lowest BCUT2D eigenvalue weighted by Gasteiger charge is -2.29. The van der Waals surface area contributed by atoms with Crippen molar-refractivity contribution in [1.29, 1.82) is 0 Å². The lowest BCUT2D eigenvalue weighted by molar-refractivity contribution is -0.164. The smallest absolute Gasteiger partial charge is 0.279 e. The average molecular weight is 307 g/mol. The number of amidine groups is 1. The fourth-order valence-electron chi connectivity index (χ4n) is 2.26. The van der Waals surface area contributed by atoms with Crippen molar-refractivity contribution in [1.82, 2.24) is 10.4 Å². The number of alkyl halides is 3. The third-order valence-electron chi connectivity index (χ3n) is 3.27. The van der Waals surface area contributed by atoms with Gasteiger partial charge in [0.25, 0.3) is 5.91 Å². The number of carbonyl (C=O) groups excluding carboxylic acids is 1. The van der Waals surface area contributed by atoms with E-state index in [1.54, 1.807) is 6.07 Å². The molecule has 7 heteroatoms. The second kappa shape index (κ2) is 5.32. The number of hydrogen-bond acceptors (Lipinski definition) is 3. The van der Waals surface area contributed by atoms with E-state index in [0.717, 1.165) is 10.8 Å². The quantitative estimate of drug-likeness (QED) is 0.926. The minimum atomic E-state index is -4.46. The Morgan fingerprint density at radius 3 is 2.59 bits per heavy atom. The monoisotopic (exact) mass is 307 g/mol. The number of amides is 1. The minimum absolute atomic E-state index is 0.259. The van der Waals surface area contributed by atoms with Crippen molar-refractivity contribution in [2.45, 2.75) is 6.18 Å². The Kier molecular flexibility index (Phi) is 3.48. The molecule has 3 rings (SSSR count). The van der Waals surface area contributed by atoms with E-state index in [1.807, 2.05) is 36.4 Å². The molecule has 0 unspecified atom stereocenters. The molecular weight excluding hydrogens is 295 g/mol. The second-order valence-electron chi connectivity index (χ2n) is 4.93. The predicted octanol–water partition coefficient (Wildman–Crippen LogP) is 2.50. The number of aliphatic imine (C=N–C) groups is 1. The van der Waals surface area contributed by atoms with E-state index in [9.17, 15) is 18.0 Å². The minimum Gasteiger partial charge on any atom is -0.279 e. The first-order valence-electron chi connectivity index (χ1n) is 6.60. The van der Waals surface area contributed by atoms with Crippen molar-refractivity contribution in [3.63, 3.8) is 0 Å². The van der Waals surface area contributed by atoms with Gasteiger partial charge in [0.05, 0.1) is 0 Å². The highest BCUT2D eigenvalue weighted by Gasteiger charge is 2.35. The summed E-state index contributed by atoms with van der Waals surface area (Å²) in [5.41, 5.74) is 3.09. The number of fused-ring (bicyclic) bond motifs is 1. The predicted molar refractivity (Wildman–Crippen MR) is 76.3 cm³/mol. The summed E-state index contributed by atoms with van der Waals surface area (Å²) < 4.78 is 37.4. The van der Waals surface area contributed by atoms with Gasteiger partial charge in [-0.05, 0) is 16.8 Å². The normalized spacial score (nSPS) is 15.7. The number of rotatable bonds is 2. The SMILES string of the molecule is O=C1CN=C(c2ccc3ccccc3c2)NN1CC(F)(F)F. The maximum Gasteiger partial charge on any atom is 0.408 e. The number of halogens is 3. The highest BCUT2D eigenvalue weighted by Crippen LogP contribution is 2.19. The average Bonchev–Trinajstić information content (AvgIpc) is 2.48. The second-order valence-corrected chi connectivity index (χ2v) is 4.93. The fraction of sp³-hybridized carbons (Fsp3) is 0.200. The molecule has 1 amide bonds. The molecule has 0 aliphatic carbocycles. The van der Waals surface area contributed by atoms with Gasteiger partial charge in [-0.25, -0.2) is 5.01 Å². The number of hydrogen-bond donors (Lipinski definition) is 1. The van der Waals surface area contributed by atoms with Crippen LogP contribution in [0.4, 0.5) is 13.2 Å². The van der Waals surface area contributed by atoms with Gasteiger partial charge < -0.3 is 0 Å². The Bertz CT molecular complexity index is 755. The fourth-order valence-corrected chi connectivity index (χ4v) is 2.26. The largest absolute Gasteiger partial charge is 0.408 e. The van der Waals surface area contributed by atoms with E-state index in [2.05, 4.69) is 10.4 Å². The van der Waals surface area contributed by atoms with Gasteiger partial charge in [0.1, 0.15) is 18.9 Å². The van der Waals surface area contributed by atoms with E-state index >= 15 is 0 Å². The van der Waals surface area contributed by atoms with Crippen molar-refractivity contribution in [3.05, 3.63) is 48.0 Å². The summed E-state index contributed by atoms with van der Waals surface area (Å²) in [6.45, 7) is -1.65. The molecule has 1 N–H and O–H groups in total. The maximum absolute atomic E-state index is 12.5. The van der Waals surface area contributed by atoms with E-state index in [-0.39, 0.29) is 12.4 Å². The zero-order valence-corrected chi connectivity index (χ0v) is 11.4. The third kappa shape index (κ3) is 3.03. The molecule has 0 saturated carbocycles. The Hall–Kier alpha value is -2.57. The van der Waals surface area contributed by atoms with Crippen LogP contribution in [0.5, 0.6) is 0 Å². The summed E-state index contributed by atoms with van der Waals surface area (Å²) in [6, 6.07) is 13.1. The number of benzene rings is 2. The van der Waals surface area contributed by atoms with E-state index < -0.39 is 18.6 Å². The molecule has 0 atom stereocenters. The summed E-state index contributed by atoms with van der Waals surface area (Å²) >= 11 is 0. The zero-order chi connectivity index (χ0) is 15.7. The molecule has 4 nitrogen and oxygen atoms in total. The van der Waals surface area contributed by atoms with E-state index in [0.29, 0.717) is 10.6 Å². The Labute approximate surface area is 124 Å². The van der Waals surface area contributed by atoms with Crippen LogP contribution in [0.2, 0.25) is 0 Å². The highest BCUT2D eigenvalue weighted by molar-refractivity contribution is 6.04. The summed E-state index contributed by atoms with van der Waals surface area (Å²) in [7, 11) is 0. The molecule has 0 aromatic heterocycles. The van der Waals surface area contributed by atoms with Crippen LogP contribution < -0.4 is 5.43 Å². The first kappa shape index (κ1) is 14.4. The highest BCUT2D eigenvalue weighted by atomic mass is 19.4. The van der Waals surface area contributed by atoms with Crippen LogP contribution in [0.25, 0.3) is 10.8 Å². The van der Waals surface area contributed by atoms with Crippen LogP contribution in [-0.4, -0.2) is 36.0 Å². The van der Waals surface area contributed by atoms with Crippen LogP contribution in [0.15, 0.2) is 47.5 Å². The molecule has 0 fully saturated rings. The molecule has 0 radical (unpaired) electrons. The van der Waals surface area contributed by atoms with Gasteiger partial charge in [0, 0.05) is 5.56 Å². The molecule has 2 aromatic rings. The van der Waals surface area contributed by atoms with Crippen molar-refractivity contribution < 1.29 is 18.0 Å². The lowest BCUT2D eigenvalue weighted by atomic mass is 10.1. The van der Waals surface area contributed by atoms with E-state index in [4.69, 9.17) is 0 Å². The Morgan fingerprint density at radius 2 is 1.86 bits per heavy atom. The topological polar surface area (TPSA) is 44.7 Å². The van der Waals surface area contributed by atoms with E-state index in [1.165, 1.54) is 0 Å². The lowest BCUT2D eigenvalue weighted by Crippen LogP contribution is -2.54. The summed E-state index contributed by atoms with van der Waals surface area (Å²) in [5.74, 6) is -0.448. The number of nitrogens with one attached hydrogen (secondary N) is 1. The van der Waals surface area contributed by atoms with Gasteiger partial charge >= 0.3 is 6.18 Å². The molecule has 1 aliphatic heterocycles. The molecule has 0 saturated heterocycles. The van der Waals surface area contributed by atoms with Gasteiger partial charge in [0.15, 0.2) is 0 Å². The molecule has 114 valence electrons.